The van der Waals surface area contributed by atoms with E-state index in [9.17, 15) is 14.8 Å². The van der Waals surface area contributed by atoms with E-state index in [1.807, 2.05) is 6.07 Å². The Morgan fingerprint density at radius 3 is 2.67 bits per heavy atom. The lowest BCUT2D eigenvalue weighted by Crippen LogP contribution is -2.19. The average Bonchev–Trinajstić information content (AvgIpc) is 2.46. The number of nitriles is 1. The maximum absolute atomic E-state index is 13.1. The summed E-state index contributed by atoms with van der Waals surface area (Å²) in [6.07, 6.45) is 0. The molecule has 0 saturated heterocycles. The number of benzene rings is 2. The van der Waals surface area contributed by atoms with Crippen molar-refractivity contribution in [2.75, 3.05) is 0 Å². The lowest BCUT2D eigenvalue weighted by atomic mass is 10.1. The average molecular weight is 325 g/mol. The number of halogens is 3. The van der Waals surface area contributed by atoms with Crippen LogP contribution in [0.3, 0.4) is 0 Å². The van der Waals surface area contributed by atoms with Crippen LogP contribution in [0, 0.1) is 17.1 Å². The highest BCUT2D eigenvalue weighted by Crippen LogP contribution is 2.27. The molecule has 0 amide bonds. The van der Waals surface area contributed by atoms with E-state index in [2.05, 4.69) is 5.32 Å². The molecule has 21 heavy (non-hydrogen) atoms. The second-order valence-corrected chi connectivity index (χ2v) is 5.24. The highest BCUT2D eigenvalue weighted by molar-refractivity contribution is 6.31. The molecular weight excluding hydrogens is 314 g/mol. The van der Waals surface area contributed by atoms with Crippen LogP contribution in [0.4, 0.5) is 4.39 Å². The van der Waals surface area contributed by atoms with Gasteiger partial charge in [-0.2, -0.15) is 5.26 Å². The van der Waals surface area contributed by atoms with E-state index >= 15 is 0 Å². The maximum atomic E-state index is 13.1. The Labute approximate surface area is 131 Å². The second-order valence-electron chi connectivity index (χ2n) is 4.39. The van der Waals surface area contributed by atoms with Gasteiger partial charge in [0.25, 0.3) is 0 Å². The van der Waals surface area contributed by atoms with Gasteiger partial charge in [-0.05, 0) is 35.9 Å². The van der Waals surface area contributed by atoms with Gasteiger partial charge >= 0.3 is 0 Å². The largest absolute Gasteiger partial charge is 0.508 e. The lowest BCUT2D eigenvalue weighted by molar-refractivity contribution is 0.459. The SMILES string of the molecule is N#CC(NCc1ccc(F)c(Cl)c1)c1cc(Cl)ccc1O. The van der Waals surface area contributed by atoms with Crippen LogP contribution < -0.4 is 5.32 Å². The Bertz CT molecular complexity index is 701. The molecule has 1 atom stereocenters. The molecule has 0 heterocycles. The third kappa shape index (κ3) is 3.85. The first-order chi connectivity index (χ1) is 10.0. The molecule has 0 aliphatic rings. The molecule has 108 valence electrons. The molecular formula is C15H11Cl2FN2O. The molecule has 0 aliphatic heterocycles. The van der Waals surface area contributed by atoms with Gasteiger partial charge in [-0.3, -0.25) is 5.32 Å². The number of hydrogen-bond donors (Lipinski definition) is 2. The van der Waals surface area contributed by atoms with Crippen LogP contribution in [0.15, 0.2) is 36.4 Å². The molecule has 2 aromatic rings. The fourth-order valence-corrected chi connectivity index (χ4v) is 2.23. The van der Waals surface area contributed by atoms with E-state index in [-0.39, 0.29) is 10.8 Å². The van der Waals surface area contributed by atoms with Gasteiger partial charge < -0.3 is 5.11 Å². The molecule has 0 aromatic heterocycles. The standard InChI is InChI=1S/C15H11Cl2FN2O/c16-10-2-4-15(21)11(6-10)14(7-19)20-8-9-1-3-13(18)12(17)5-9/h1-6,14,20-21H,8H2. The summed E-state index contributed by atoms with van der Waals surface area (Å²) in [4.78, 5) is 0. The van der Waals surface area contributed by atoms with Gasteiger partial charge in [-0.1, -0.05) is 29.3 Å². The molecule has 2 aromatic carbocycles. The van der Waals surface area contributed by atoms with Crippen LogP contribution in [-0.4, -0.2) is 5.11 Å². The number of hydrogen-bond acceptors (Lipinski definition) is 3. The zero-order chi connectivity index (χ0) is 15.4. The molecule has 0 fully saturated rings. The third-order valence-electron chi connectivity index (χ3n) is 2.92. The van der Waals surface area contributed by atoms with Gasteiger partial charge in [0.05, 0.1) is 11.1 Å². The van der Waals surface area contributed by atoms with Gasteiger partial charge in [-0.25, -0.2) is 4.39 Å². The maximum Gasteiger partial charge on any atom is 0.141 e. The minimum absolute atomic E-state index is 0.0180. The van der Waals surface area contributed by atoms with Gasteiger partial charge in [0.1, 0.15) is 17.6 Å². The van der Waals surface area contributed by atoms with Crippen molar-refractivity contribution in [3.8, 4) is 11.8 Å². The summed E-state index contributed by atoms with van der Waals surface area (Å²) >= 11 is 11.6. The zero-order valence-corrected chi connectivity index (χ0v) is 12.3. The summed E-state index contributed by atoms with van der Waals surface area (Å²) in [5, 5.41) is 22.4. The van der Waals surface area contributed by atoms with Crippen molar-refractivity contribution in [3.05, 3.63) is 63.4 Å². The number of nitrogens with one attached hydrogen (secondary N) is 1. The molecule has 0 saturated carbocycles. The van der Waals surface area contributed by atoms with Crippen molar-refractivity contribution in [2.45, 2.75) is 12.6 Å². The van der Waals surface area contributed by atoms with Crippen molar-refractivity contribution in [1.29, 1.82) is 5.26 Å². The summed E-state index contributed by atoms with van der Waals surface area (Å²) in [5.41, 5.74) is 1.11. The number of aromatic hydroxyl groups is 1. The number of phenolic OH excluding ortho intramolecular Hbond substituents is 1. The Kier molecular flexibility index (Phi) is 5.03. The van der Waals surface area contributed by atoms with Crippen molar-refractivity contribution in [1.82, 2.24) is 5.32 Å². The van der Waals surface area contributed by atoms with E-state index in [1.165, 1.54) is 30.3 Å². The fraction of sp³-hybridized carbons (Fsp3) is 0.133. The first-order valence-corrected chi connectivity index (χ1v) is 6.82. The number of phenols is 1. The summed E-state index contributed by atoms with van der Waals surface area (Å²) in [5.74, 6) is -0.514. The smallest absolute Gasteiger partial charge is 0.141 e. The minimum atomic E-state index is -0.743. The first kappa shape index (κ1) is 15.6. The quantitative estimate of drug-likeness (QED) is 0.886. The Hall–Kier alpha value is -1.80. The van der Waals surface area contributed by atoms with E-state index in [0.29, 0.717) is 17.1 Å². The Balaban J connectivity index is 2.14. The van der Waals surface area contributed by atoms with Crippen LogP contribution in [0.5, 0.6) is 5.75 Å². The number of rotatable bonds is 4. The van der Waals surface area contributed by atoms with Crippen molar-refractivity contribution in [3.63, 3.8) is 0 Å². The molecule has 6 heteroatoms. The van der Waals surface area contributed by atoms with Crippen LogP contribution in [0.1, 0.15) is 17.2 Å². The highest BCUT2D eigenvalue weighted by Gasteiger charge is 2.15. The van der Waals surface area contributed by atoms with E-state index in [4.69, 9.17) is 23.2 Å². The highest BCUT2D eigenvalue weighted by atomic mass is 35.5. The molecule has 0 bridgehead atoms. The Morgan fingerprint density at radius 2 is 2.00 bits per heavy atom. The minimum Gasteiger partial charge on any atom is -0.508 e. The van der Waals surface area contributed by atoms with Crippen LogP contribution in [-0.2, 0) is 6.54 Å². The van der Waals surface area contributed by atoms with Gasteiger partial charge in [0.15, 0.2) is 0 Å². The first-order valence-electron chi connectivity index (χ1n) is 6.06. The molecule has 0 aliphatic carbocycles. The molecule has 2 rings (SSSR count). The summed E-state index contributed by atoms with van der Waals surface area (Å²) in [6.45, 7) is 0.296. The molecule has 2 N–H and O–H groups in total. The monoisotopic (exact) mass is 324 g/mol. The number of nitrogens with zero attached hydrogens (tertiary/aromatic N) is 1. The van der Waals surface area contributed by atoms with Crippen LogP contribution >= 0.6 is 23.2 Å². The van der Waals surface area contributed by atoms with E-state index in [1.54, 1.807) is 6.07 Å². The van der Waals surface area contributed by atoms with Gasteiger partial charge in [-0.15, -0.1) is 0 Å². The predicted octanol–water partition coefficient (Wildman–Crippen LogP) is 4.19. The van der Waals surface area contributed by atoms with Crippen molar-refractivity contribution in [2.24, 2.45) is 0 Å². The molecule has 1 unspecified atom stereocenters. The van der Waals surface area contributed by atoms with Crippen LogP contribution in [0.25, 0.3) is 0 Å². The topological polar surface area (TPSA) is 56.0 Å². The molecule has 3 nitrogen and oxygen atoms in total. The zero-order valence-electron chi connectivity index (χ0n) is 10.8. The third-order valence-corrected chi connectivity index (χ3v) is 3.45. The van der Waals surface area contributed by atoms with Crippen molar-refractivity contribution < 1.29 is 9.50 Å². The predicted molar refractivity (Wildman–Crippen MR) is 79.7 cm³/mol. The lowest BCUT2D eigenvalue weighted by Gasteiger charge is -2.14. The van der Waals surface area contributed by atoms with E-state index < -0.39 is 11.9 Å². The Morgan fingerprint density at radius 1 is 1.24 bits per heavy atom. The second kappa shape index (κ2) is 6.77. The van der Waals surface area contributed by atoms with Crippen LogP contribution in [0.2, 0.25) is 10.0 Å². The van der Waals surface area contributed by atoms with Gasteiger partial charge in [0.2, 0.25) is 0 Å². The normalized spacial score (nSPS) is 11.9. The molecule has 0 spiro atoms. The molecule has 0 radical (unpaired) electrons. The summed E-state index contributed by atoms with van der Waals surface area (Å²) in [6, 6.07) is 10.1. The fourth-order valence-electron chi connectivity index (χ4n) is 1.85. The van der Waals surface area contributed by atoms with E-state index in [0.717, 1.165) is 5.56 Å². The van der Waals surface area contributed by atoms with Gasteiger partial charge in [0, 0.05) is 17.1 Å². The summed E-state index contributed by atoms with van der Waals surface area (Å²) in [7, 11) is 0. The summed E-state index contributed by atoms with van der Waals surface area (Å²) < 4.78 is 13.1. The van der Waals surface area contributed by atoms with Crippen molar-refractivity contribution >= 4 is 23.2 Å².